The summed E-state index contributed by atoms with van der Waals surface area (Å²) >= 11 is 0. The SMILES string of the molecule is CCCCCOP(=O)(CCN(CCCN)CCCN)OCCCCCCCCCCOP(=O)(CCN(CCCN)CCCN)OCCCCC.Cl.Cl.Cl.Cl.Cl.Cl. The van der Waals surface area contributed by atoms with Gasteiger partial charge in [0, 0.05) is 13.1 Å². The van der Waals surface area contributed by atoms with Gasteiger partial charge >= 0.3 is 15.2 Å². The lowest BCUT2D eigenvalue weighted by Gasteiger charge is -2.25. The van der Waals surface area contributed by atoms with Gasteiger partial charge in [0.2, 0.25) is 0 Å². The molecule has 2 unspecified atom stereocenters. The Morgan fingerprint density at radius 3 is 0.821 bits per heavy atom. The molecule has 0 aliphatic heterocycles. The molecule has 0 aliphatic carbocycles. The van der Waals surface area contributed by atoms with Crippen molar-refractivity contribution in [2.45, 2.75) is 129 Å². The Labute approximate surface area is 381 Å². The van der Waals surface area contributed by atoms with Crippen molar-refractivity contribution in [1.29, 1.82) is 0 Å². The van der Waals surface area contributed by atoms with Gasteiger partial charge in [0.25, 0.3) is 0 Å². The number of nitrogens with two attached hydrogens (primary N) is 4. The molecule has 0 radical (unpaired) electrons. The first kappa shape index (κ1) is 72.3. The Balaban J connectivity index is -0.000000800. The van der Waals surface area contributed by atoms with Crippen LogP contribution in [0.1, 0.15) is 129 Å². The summed E-state index contributed by atoms with van der Waals surface area (Å²) in [7, 11) is -6.30. The second kappa shape index (κ2) is 52.9. The molecule has 0 aliphatic rings. The van der Waals surface area contributed by atoms with E-state index in [4.69, 9.17) is 41.0 Å². The molecule has 0 spiro atoms. The standard InChI is InChI=1S/C36H82N6O6P2.6ClH/c1-3-5-13-31-45-49(43,35-29-41(25-17-21-37)26-18-22-38)47-33-15-11-9-7-8-10-12-16-34-48-50(44,46-32-14-6-4-2)36-30-42(27-19-23-39)28-20-24-40;;;;;;/h3-40H2,1-2H3;6*1H. The third-order valence-electron chi connectivity index (χ3n) is 8.78. The van der Waals surface area contributed by atoms with Crippen molar-refractivity contribution in [2.75, 3.05) is 104 Å². The average molecular weight is 976 g/mol. The Morgan fingerprint density at radius 2 is 0.589 bits per heavy atom. The van der Waals surface area contributed by atoms with Gasteiger partial charge in [0.1, 0.15) is 0 Å². The van der Waals surface area contributed by atoms with Gasteiger partial charge in [-0.25, -0.2) is 0 Å². The van der Waals surface area contributed by atoms with Gasteiger partial charge in [0.15, 0.2) is 0 Å². The highest BCUT2D eigenvalue weighted by Crippen LogP contribution is 2.49. The minimum Gasteiger partial charge on any atom is -0.330 e. The van der Waals surface area contributed by atoms with E-state index >= 15 is 0 Å². The number of unbranched alkanes of at least 4 members (excludes halogenated alkanes) is 11. The highest BCUT2D eigenvalue weighted by molar-refractivity contribution is 7.54. The summed E-state index contributed by atoms with van der Waals surface area (Å²) < 4.78 is 50.9. The van der Waals surface area contributed by atoms with Crippen LogP contribution < -0.4 is 22.9 Å². The van der Waals surface area contributed by atoms with Gasteiger partial charge in [-0.05, 0) is 104 Å². The summed E-state index contributed by atoms with van der Waals surface area (Å²) in [4.78, 5) is 4.56. The molecule has 0 aromatic heterocycles. The van der Waals surface area contributed by atoms with Crippen molar-refractivity contribution in [3.8, 4) is 0 Å². The maximum Gasteiger partial charge on any atom is 0.331 e. The van der Waals surface area contributed by atoms with Gasteiger partial charge in [0.05, 0.1) is 38.8 Å². The molecule has 8 N–H and O–H groups in total. The summed E-state index contributed by atoms with van der Waals surface area (Å²) in [6.07, 6.45) is 18.9. The fourth-order valence-electron chi connectivity index (χ4n) is 5.57. The van der Waals surface area contributed by atoms with Crippen LogP contribution in [-0.4, -0.2) is 114 Å². The van der Waals surface area contributed by atoms with Crippen LogP contribution in [0, 0.1) is 0 Å². The first-order valence-electron chi connectivity index (χ1n) is 20.3. The third-order valence-corrected chi connectivity index (χ3v) is 12.6. The molecule has 0 saturated heterocycles. The number of rotatable bonds is 41. The van der Waals surface area contributed by atoms with Crippen molar-refractivity contribution in [3.05, 3.63) is 0 Å². The predicted octanol–water partition coefficient (Wildman–Crippen LogP) is 9.47. The van der Waals surface area contributed by atoms with E-state index in [2.05, 4.69) is 23.6 Å². The lowest BCUT2D eigenvalue weighted by molar-refractivity contribution is 0.190. The molecule has 0 aromatic carbocycles. The van der Waals surface area contributed by atoms with Crippen LogP contribution in [0.5, 0.6) is 0 Å². The molecule has 0 amide bonds. The predicted molar refractivity (Wildman–Crippen MR) is 256 cm³/mol. The van der Waals surface area contributed by atoms with E-state index in [1.54, 1.807) is 0 Å². The first-order valence-corrected chi connectivity index (χ1v) is 23.8. The largest absolute Gasteiger partial charge is 0.331 e. The molecular weight excluding hydrogens is 887 g/mol. The highest BCUT2D eigenvalue weighted by Gasteiger charge is 2.26. The normalized spacial score (nSPS) is 12.9. The van der Waals surface area contributed by atoms with E-state index in [0.29, 0.717) is 78.0 Å². The number of hydrogen-bond donors (Lipinski definition) is 4. The van der Waals surface area contributed by atoms with Gasteiger partial charge in [-0.15, -0.1) is 74.4 Å². The van der Waals surface area contributed by atoms with E-state index in [-0.39, 0.29) is 74.4 Å². The molecule has 56 heavy (non-hydrogen) atoms. The Morgan fingerprint density at radius 1 is 0.357 bits per heavy atom. The number of hydrogen-bond acceptors (Lipinski definition) is 12. The van der Waals surface area contributed by atoms with Crippen LogP contribution in [0.3, 0.4) is 0 Å². The lowest BCUT2D eigenvalue weighted by Crippen LogP contribution is -2.31. The van der Waals surface area contributed by atoms with E-state index in [1.165, 1.54) is 0 Å². The maximum atomic E-state index is 13.6. The van der Waals surface area contributed by atoms with Gasteiger partial charge in [-0.2, -0.15) is 0 Å². The van der Waals surface area contributed by atoms with Crippen molar-refractivity contribution in [1.82, 2.24) is 9.80 Å². The Kier molecular flexibility index (Phi) is 68.3. The van der Waals surface area contributed by atoms with Crippen LogP contribution in [0.2, 0.25) is 0 Å². The maximum absolute atomic E-state index is 13.6. The second-order valence-electron chi connectivity index (χ2n) is 13.5. The molecule has 0 fully saturated rings. The topological polar surface area (TPSA) is 182 Å². The molecule has 0 saturated carbocycles. The molecule has 0 rings (SSSR count). The second-order valence-corrected chi connectivity index (χ2v) is 17.9. The van der Waals surface area contributed by atoms with Crippen molar-refractivity contribution in [2.24, 2.45) is 22.9 Å². The van der Waals surface area contributed by atoms with Crippen molar-refractivity contribution < 1.29 is 27.2 Å². The van der Waals surface area contributed by atoms with E-state index in [9.17, 15) is 9.13 Å². The van der Waals surface area contributed by atoms with E-state index in [0.717, 1.165) is 142 Å². The van der Waals surface area contributed by atoms with Crippen LogP contribution >= 0.6 is 89.6 Å². The number of nitrogens with zero attached hydrogens (tertiary/aromatic N) is 2. The lowest BCUT2D eigenvalue weighted by atomic mass is 10.1. The van der Waals surface area contributed by atoms with Gasteiger partial charge in [-0.3, -0.25) is 9.13 Å². The molecule has 20 heteroatoms. The molecular formula is C36H88Cl6N6O6P2. The van der Waals surface area contributed by atoms with Crippen LogP contribution in [0.25, 0.3) is 0 Å². The Bertz CT molecular complexity index is 767. The minimum absolute atomic E-state index is 0. The smallest absolute Gasteiger partial charge is 0.330 e. The van der Waals surface area contributed by atoms with Crippen molar-refractivity contribution >= 4 is 89.6 Å². The van der Waals surface area contributed by atoms with Crippen LogP contribution in [-0.2, 0) is 27.2 Å². The quantitative estimate of drug-likeness (QED) is 0.0337. The Hall–Kier alpha value is 1.80. The van der Waals surface area contributed by atoms with Crippen LogP contribution in [0.15, 0.2) is 0 Å². The molecule has 0 aromatic rings. The third kappa shape index (κ3) is 45.3. The van der Waals surface area contributed by atoms with E-state index < -0.39 is 15.2 Å². The minimum atomic E-state index is -3.15. The van der Waals surface area contributed by atoms with Gasteiger partial charge in [-0.1, -0.05) is 78.1 Å². The zero-order chi connectivity index (χ0) is 37.0. The molecule has 0 bridgehead atoms. The van der Waals surface area contributed by atoms with Crippen molar-refractivity contribution in [3.63, 3.8) is 0 Å². The zero-order valence-corrected chi connectivity index (χ0v) is 41.7. The summed E-state index contributed by atoms with van der Waals surface area (Å²) in [5.41, 5.74) is 22.9. The molecule has 350 valence electrons. The molecule has 0 heterocycles. The number of halogens is 6. The first-order chi connectivity index (χ1) is 24.3. The summed E-state index contributed by atoms with van der Waals surface area (Å²) in [5, 5.41) is 0. The highest BCUT2D eigenvalue weighted by atomic mass is 35.5. The summed E-state index contributed by atoms with van der Waals surface area (Å²) in [6.45, 7) is 13.6. The summed E-state index contributed by atoms with van der Waals surface area (Å²) in [5.74, 6) is 0. The monoisotopic (exact) mass is 972 g/mol. The fourth-order valence-corrected chi connectivity index (χ4v) is 8.92. The molecule has 12 nitrogen and oxygen atoms in total. The van der Waals surface area contributed by atoms with Gasteiger partial charge < -0.3 is 50.8 Å². The van der Waals surface area contributed by atoms with Crippen LogP contribution in [0.4, 0.5) is 0 Å². The zero-order valence-electron chi connectivity index (χ0n) is 35.0. The average Bonchev–Trinajstić information content (AvgIpc) is 3.12. The summed E-state index contributed by atoms with van der Waals surface area (Å²) in [6, 6.07) is 0. The molecule has 2 atom stereocenters. The van der Waals surface area contributed by atoms with E-state index in [1.807, 2.05) is 0 Å². The fraction of sp³-hybridized carbons (Fsp3) is 1.00.